The van der Waals surface area contributed by atoms with E-state index in [4.69, 9.17) is 16.3 Å². The minimum atomic E-state index is -0.578. The molecule has 0 aliphatic heterocycles. The number of anilines is 2. The predicted molar refractivity (Wildman–Crippen MR) is 123 cm³/mol. The van der Waals surface area contributed by atoms with Gasteiger partial charge in [0.2, 0.25) is 0 Å². The fourth-order valence-corrected chi connectivity index (χ4v) is 2.95. The van der Waals surface area contributed by atoms with Crippen LogP contribution in [0.25, 0.3) is 11.0 Å². The number of fused-ring (bicyclic) bond motifs is 1. The van der Waals surface area contributed by atoms with Crippen LogP contribution in [0.3, 0.4) is 0 Å². The summed E-state index contributed by atoms with van der Waals surface area (Å²) >= 11 is 5.92. The maximum atomic E-state index is 14.6. The second-order valence-electron chi connectivity index (χ2n) is 6.05. The molecule has 0 saturated heterocycles. The number of rotatable bonds is 5. The minimum Gasteiger partial charge on any atom is -0.453 e. The highest BCUT2D eigenvalue weighted by Gasteiger charge is 2.14. The SMILES string of the molecule is CNC(=O)c1cc(Cl)cnc1Nc1ccc(Oc2ccnc3[nH]ccc23)c(F)c1.Cl.Cl. The fraction of sp³-hybridized carbons (Fsp3) is 0.0500. The van der Waals surface area contributed by atoms with Crippen molar-refractivity contribution in [2.45, 2.75) is 0 Å². The first-order valence-corrected chi connectivity index (χ1v) is 8.97. The van der Waals surface area contributed by atoms with Gasteiger partial charge in [0.05, 0.1) is 16.0 Å². The van der Waals surface area contributed by atoms with E-state index >= 15 is 0 Å². The van der Waals surface area contributed by atoms with E-state index in [0.29, 0.717) is 22.1 Å². The Labute approximate surface area is 194 Å². The third-order valence-electron chi connectivity index (χ3n) is 4.16. The van der Waals surface area contributed by atoms with Gasteiger partial charge in [0, 0.05) is 37.4 Å². The Morgan fingerprint density at radius 1 is 1.13 bits per heavy atom. The lowest BCUT2D eigenvalue weighted by molar-refractivity contribution is 0.0963. The van der Waals surface area contributed by atoms with Crippen LogP contribution in [-0.2, 0) is 0 Å². The molecule has 162 valence electrons. The lowest BCUT2D eigenvalue weighted by Crippen LogP contribution is -2.19. The van der Waals surface area contributed by atoms with Crippen LogP contribution in [0.15, 0.2) is 55.0 Å². The number of carbonyl (C=O) groups excluding carboxylic acids is 1. The first-order chi connectivity index (χ1) is 14.0. The molecule has 4 aromatic rings. The van der Waals surface area contributed by atoms with Crippen molar-refractivity contribution in [1.82, 2.24) is 20.3 Å². The van der Waals surface area contributed by atoms with E-state index in [2.05, 4.69) is 25.6 Å². The van der Waals surface area contributed by atoms with Crippen LogP contribution < -0.4 is 15.4 Å². The van der Waals surface area contributed by atoms with Gasteiger partial charge in [-0.2, -0.15) is 0 Å². The Morgan fingerprint density at radius 2 is 1.94 bits per heavy atom. The number of carbonyl (C=O) groups is 1. The molecular formula is C20H17Cl3FN5O2. The van der Waals surface area contributed by atoms with Gasteiger partial charge in [0.1, 0.15) is 17.2 Å². The van der Waals surface area contributed by atoms with Crippen molar-refractivity contribution in [3.63, 3.8) is 0 Å². The van der Waals surface area contributed by atoms with Crippen molar-refractivity contribution >= 4 is 64.9 Å². The number of aromatic nitrogens is 3. The van der Waals surface area contributed by atoms with Crippen molar-refractivity contribution < 1.29 is 13.9 Å². The molecular weight excluding hydrogens is 468 g/mol. The van der Waals surface area contributed by atoms with E-state index in [0.717, 1.165) is 5.39 Å². The molecule has 31 heavy (non-hydrogen) atoms. The Balaban J connectivity index is 0.00000171. The summed E-state index contributed by atoms with van der Waals surface area (Å²) < 4.78 is 20.4. The fourth-order valence-electron chi connectivity index (χ4n) is 2.79. The standard InChI is InChI=1S/C20H15ClFN5O2.2ClH/c1-23-20(28)14-8-11(21)10-26-19(14)27-12-2-3-17(15(22)9-12)29-16-5-7-25-18-13(16)4-6-24-18;;/h2-10H,1H3,(H,23,28)(H,24,25)(H,26,27);2*1H. The molecule has 0 aliphatic rings. The van der Waals surface area contributed by atoms with Crippen molar-refractivity contribution in [1.29, 1.82) is 0 Å². The Bertz CT molecular complexity index is 1220. The Morgan fingerprint density at radius 3 is 2.68 bits per heavy atom. The third kappa shape index (κ3) is 5.16. The molecule has 0 unspecified atom stereocenters. The quantitative estimate of drug-likeness (QED) is 0.348. The molecule has 0 atom stereocenters. The number of hydrogen-bond donors (Lipinski definition) is 3. The molecule has 0 fully saturated rings. The summed E-state index contributed by atoms with van der Waals surface area (Å²) in [5, 5.41) is 6.51. The van der Waals surface area contributed by atoms with Gasteiger partial charge >= 0.3 is 0 Å². The number of hydrogen-bond acceptors (Lipinski definition) is 5. The first-order valence-electron chi connectivity index (χ1n) is 8.59. The molecule has 3 heterocycles. The predicted octanol–water partition coefficient (Wildman–Crippen LogP) is 5.49. The lowest BCUT2D eigenvalue weighted by Gasteiger charge is -2.12. The topological polar surface area (TPSA) is 91.9 Å². The van der Waals surface area contributed by atoms with Crippen LogP contribution >= 0.6 is 36.4 Å². The molecule has 0 radical (unpaired) electrons. The summed E-state index contributed by atoms with van der Waals surface area (Å²) in [4.78, 5) is 23.3. The van der Waals surface area contributed by atoms with E-state index in [9.17, 15) is 9.18 Å². The lowest BCUT2D eigenvalue weighted by atomic mass is 10.2. The van der Waals surface area contributed by atoms with Gasteiger partial charge in [-0.05, 0) is 30.3 Å². The molecule has 3 aromatic heterocycles. The van der Waals surface area contributed by atoms with Crippen LogP contribution in [0.4, 0.5) is 15.9 Å². The highest BCUT2D eigenvalue weighted by Crippen LogP contribution is 2.32. The van der Waals surface area contributed by atoms with Gasteiger partial charge in [0.15, 0.2) is 11.6 Å². The van der Waals surface area contributed by atoms with E-state index in [1.54, 1.807) is 30.6 Å². The molecule has 0 spiro atoms. The smallest absolute Gasteiger partial charge is 0.254 e. The molecule has 7 nitrogen and oxygen atoms in total. The number of ether oxygens (including phenoxy) is 1. The van der Waals surface area contributed by atoms with Gasteiger partial charge < -0.3 is 20.4 Å². The Hall–Kier alpha value is -3.07. The van der Waals surface area contributed by atoms with E-state index < -0.39 is 5.82 Å². The van der Waals surface area contributed by atoms with Gasteiger partial charge in [-0.1, -0.05) is 11.6 Å². The third-order valence-corrected chi connectivity index (χ3v) is 4.37. The number of pyridine rings is 2. The van der Waals surface area contributed by atoms with Crippen molar-refractivity contribution in [3.05, 3.63) is 71.4 Å². The number of aromatic amines is 1. The number of halogens is 4. The summed E-state index contributed by atoms with van der Waals surface area (Å²) in [6.07, 6.45) is 4.71. The summed E-state index contributed by atoms with van der Waals surface area (Å²) in [7, 11) is 1.50. The van der Waals surface area contributed by atoms with Gasteiger partial charge in [-0.3, -0.25) is 4.79 Å². The van der Waals surface area contributed by atoms with Crippen LogP contribution in [0.1, 0.15) is 10.4 Å². The Kier molecular flexibility index (Phi) is 8.04. The number of amides is 1. The van der Waals surface area contributed by atoms with E-state index in [1.807, 2.05) is 0 Å². The average molecular weight is 485 g/mol. The summed E-state index contributed by atoms with van der Waals surface area (Å²) in [5.41, 5.74) is 1.29. The van der Waals surface area contributed by atoms with Crippen LogP contribution in [0.2, 0.25) is 5.02 Å². The molecule has 1 amide bonds. The van der Waals surface area contributed by atoms with Crippen LogP contribution in [0.5, 0.6) is 11.5 Å². The zero-order chi connectivity index (χ0) is 20.4. The average Bonchev–Trinajstić information content (AvgIpc) is 3.20. The highest BCUT2D eigenvalue weighted by atomic mass is 35.5. The minimum absolute atomic E-state index is 0. The second-order valence-corrected chi connectivity index (χ2v) is 6.49. The number of benzene rings is 1. The first kappa shape index (κ1) is 24.2. The molecule has 4 rings (SSSR count). The second kappa shape index (κ2) is 10.3. The maximum Gasteiger partial charge on any atom is 0.254 e. The largest absolute Gasteiger partial charge is 0.453 e. The summed E-state index contributed by atoms with van der Waals surface area (Å²) in [5.74, 6) is -0.149. The monoisotopic (exact) mass is 483 g/mol. The number of H-pyrrole nitrogens is 1. The van der Waals surface area contributed by atoms with E-state index in [-0.39, 0.29) is 47.9 Å². The maximum absolute atomic E-state index is 14.6. The van der Waals surface area contributed by atoms with Crippen LogP contribution in [0, 0.1) is 5.82 Å². The van der Waals surface area contributed by atoms with Crippen LogP contribution in [-0.4, -0.2) is 27.9 Å². The van der Waals surface area contributed by atoms with Gasteiger partial charge in [-0.15, -0.1) is 24.8 Å². The molecule has 11 heteroatoms. The number of nitrogens with zero attached hydrogens (tertiary/aromatic N) is 2. The van der Waals surface area contributed by atoms with Gasteiger partial charge in [-0.25, -0.2) is 14.4 Å². The molecule has 0 aliphatic carbocycles. The van der Waals surface area contributed by atoms with E-state index in [1.165, 1.54) is 31.4 Å². The van der Waals surface area contributed by atoms with Gasteiger partial charge in [0.25, 0.3) is 5.91 Å². The van der Waals surface area contributed by atoms with Crippen molar-refractivity contribution in [3.8, 4) is 11.5 Å². The zero-order valence-corrected chi connectivity index (χ0v) is 18.4. The highest BCUT2D eigenvalue weighted by molar-refractivity contribution is 6.31. The normalized spacial score (nSPS) is 10.0. The molecule has 0 saturated carbocycles. The zero-order valence-electron chi connectivity index (χ0n) is 16.0. The number of nitrogens with one attached hydrogen (secondary N) is 3. The molecule has 1 aromatic carbocycles. The molecule has 3 N–H and O–H groups in total. The summed E-state index contributed by atoms with van der Waals surface area (Å²) in [6.45, 7) is 0. The van der Waals surface area contributed by atoms with Crippen molar-refractivity contribution in [2.75, 3.05) is 12.4 Å². The molecule has 0 bridgehead atoms. The summed E-state index contributed by atoms with van der Waals surface area (Å²) in [6, 6.07) is 9.32. The van der Waals surface area contributed by atoms with Crippen molar-refractivity contribution in [2.24, 2.45) is 0 Å².